The first-order chi connectivity index (χ1) is 13.0. The number of aryl methyl sites for hydroxylation is 1. The molecule has 0 aliphatic rings. The summed E-state index contributed by atoms with van der Waals surface area (Å²) in [5, 5.41) is 5.79. The number of aromatic nitrogens is 1. The van der Waals surface area contributed by atoms with Gasteiger partial charge in [0, 0.05) is 28.6 Å². The van der Waals surface area contributed by atoms with Gasteiger partial charge in [-0.05, 0) is 43.8 Å². The number of hydrogen-bond acceptors (Lipinski definition) is 4. The summed E-state index contributed by atoms with van der Waals surface area (Å²) in [6, 6.07) is 16.1. The van der Waals surface area contributed by atoms with E-state index in [1.807, 2.05) is 36.6 Å². The molecule has 0 unspecified atom stereocenters. The van der Waals surface area contributed by atoms with Crippen LogP contribution >= 0.6 is 27.3 Å². The van der Waals surface area contributed by atoms with Crippen molar-refractivity contribution in [3.05, 3.63) is 80.2 Å². The SMILES string of the molecule is Cc1ccc(NC(=O)Cc2nc(CN(C)Cc3ccc(Br)cc3)cs2)cc1. The molecular weight excluding hydrogens is 422 g/mol. The number of amides is 1. The Hall–Kier alpha value is -2.02. The molecule has 1 N–H and O–H groups in total. The van der Waals surface area contributed by atoms with Gasteiger partial charge < -0.3 is 5.32 Å². The summed E-state index contributed by atoms with van der Waals surface area (Å²) < 4.78 is 1.09. The lowest BCUT2D eigenvalue weighted by Crippen LogP contribution is -2.18. The average molecular weight is 444 g/mol. The van der Waals surface area contributed by atoms with Crippen molar-refractivity contribution in [3.8, 4) is 0 Å². The van der Waals surface area contributed by atoms with Gasteiger partial charge in [0.05, 0.1) is 12.1 Å². The molecule has 0 aliphatic heterocycles. The van der Waals surface area contributed by atoms with Crippen LogP contribution in [0.15, 0.2) is 58.4 Å². The van der Waals surface area contributed by atoms with Crippen LogP contribution in [-0.2, 0) is 24.3 Å². The molecule has 1 heterocycles. The molecule has 4 nitrogen and oxygen atoms in total. The van der Waals surface area contributed by atoms with E-state index >= 15 is 0 Å². The van der Waals surface area contributed by atoms with E-state index in [0.29, 0.717) is 6.42 Å². The number of nitrogens with zero attached hydrogens (tertiary/aromatic N) is 2. The molecule has 0 saturated carbocycles. The van der Waals surface area contributed by atoms with Crippen LogP contribution in [0.4, 0.5) is 5.69 Å². The van der Waals surface area contributed by atoms with E-state index in [4.69, 9.17) is 0 Å². The van der Waals surface area contributed by atoms with E-state index in [9.17, 15) is 4.79 Å². The van der Waals surface area contributed by atoms with E-state index in [2.05, 4.69) is 62.4 Å². The maximum absolute atomic E-state index is 12.2. The van der Waals surface area contributed by atoms with E-state index in [1.165, 1.54) is 22.5 Å². The van der Waals surface area contributed by atoms with Crippen LogP contribution in [0.3, 0.4) is 0 Å². The smallest absolute Gasteiger partial charge is 0.231 e. The molecule has 1 aromatic heterocycles. The standard InChI is InChI=1S/C21H22BrN3OS/c1-15-3-9-18(10-4-15)23-20(26)11-21-24-19(14-27-21)13-25(2)12-16-5-7-17(22)8-6-16/h3-10,14H,11-13H2,1-2H3,(H,23,26). The lowest BCUT2D eigenvalue weighted by Gasteiger charge is -2.15. The number of halogens is 1. The Labute approximate surface area is 172 Å². The predicted octanol–water partition coefficient (Wildman–Crippen LogP) is 5.03. The predicted molar refractivity (Wildman–Crippen MR) is 115 cm³/mol. The molecule has 2 aromatic carbocycles. The fourth-order valence-electron chi connectivity index (χ4n) is 2.72. The fraction of sp³-hybridized carbons (Fsp3) is 0.238. The summed E-state index contributed by atoms with van der Waals surface area (Å²) in [6.07, 6.45) is 0.301. The molecule has 6 heteroatoms. The van der Waals surface area contributed by atoms with Gasteiger partial charge in [0.2, 0.25) is 5.91 Å². The van der Waals surface area contributed by atoms with Crippen LogP contribution < -0.4 is 5.32 Å². The molecule has 0 aliphatic carbocycles. The summed E-state index contributed by atoms with van der Waals surface area (Å²) in [5.41, 5.74) is 4.24. The molecule has 140 valence electrons. The largest absolute Gasteiger partial charge is 0.326 e. The first-order valence-electron chi connectivity index (χ1n) is 8.71. The molecule has 0 bridgehead atoms. The van der Waals surface area contributed by atoms with Crippen LogP contribution in [0.1, 0.15) is 21.8 Å². The lowest BCUT2D eigenvalue weighted by molar-refractivity contribution is -0.115. The van der Waals surface area contributed by atoms with E-state index in [0.717, 1.165) is 34.0 Å². The molecule has 1 amide bonds. The first-order valence-corrected chi connectivity index (χ1v) is 10.4. The van der Waals surface area contributed by atoms with Crippen LogP contribution in [0.5, 0.6) is 0 Å². The average Bonchev–Trinajstić information content (AvgIpc) is 3.05. The third-order valence-electron chi connectivity index (χ3n) is 4.04. The zero-order chi connectivity index (χ0) is 19.2. The number of anilines is 1. The molecule has 0 spiro atoms. The van der Waals surface area contributed by atoms with Gasteiger partial charge in [0.1, 0.15) is 5.01 Å². The van der Waals surface area contributed by atoms with Crippen molar-refractivity contribution in [2.45, 2.75) is 26.4 Å². The molecule has 3 rings (SSSR count). The molecule has 3 aromatic rings. The monoisotopic (exact) mass is 443 g/mol. The number of carbonyl (C=O) groups is 1. The van der Waals surface area contributed by atoms with E-state index in [1.54, 1.807) is 0 Å². The van der Waals surface area contributed by atoms with Gasteiger partial charge in [-0.25, -0.2) is 4.98 Å². The normalized spacial score (nSPS) is 11.0. The number of nitrogens with one attached hydrogen (secondary N) is 1. The Balaban J connectivity index is 1.50. The van der Waals surface area contributed by atoms with Crippen molar-refractivity contribution in [2.75, 3.05) is 12.4 Å². The Morgan fingerprint density at radius 2 is 1.81 bits per heavy atom. The minimum Gasteiger partial charge on any atom is -0.326 e. The van der Waals surface area contributed by atoms with Gasteiger partial charge >= 0.3 is 0 Å². The highest BCUT2D eigenvalue weighted by Crippen LogP contribution is 2.16. The minimum absolute atomic E-state index is 0.0389. The maximum Gasteiger partial charge on any atom is 0.231 e. The summed E-state index contributed by atoms with van der Waals surface area (Å²) >= 11 is 4.99. The molecule has 0 atom stereocenters. The minimum atomic E-state index is -0.0389. The van der Waals surface area contributed by atoms with Crippen LogP contribution in [0.25, 0.3) is 0 Å². The third kappa shape index (κ3) is 6.27. The van der Waals surface area contributed by atoms with Crippen LogP contribution in [0, 0.1) is 6.92 Å². The van der Waals surface area contributed by atoms with Gasteiger partial charge in [0.25, 0.3) is 0 Å². The molecule has 0 fully saturated rings. The topological polar surface area (TPSA) is 45.2 Å². The Kier molecular flexibility index (Phi) is 6.77. The highest BCUT2D eigenvalue weighted by Gasteiger charge is 2.10. The molecular formula is C21H22BrN3OS. The van der Waals surface area contributed by atoms with Crippen molar-refractivity contribution in [1.29, 1.82) is 0 Å². The van der Waals surface area contributed by atoms with Crippen molar-refractivity contribution >= 4 is 38.9 Å². The van der Waals surface area contributed by atoms with Crippen molar-refractivity contribution < 1.29 is 4.79 Å². The van der Waals surface area contributed by atoms with E-state index < -0.39 is 0 Å². The number of thiazole rings is 1. The van der Waals surface area contributed by atoms with Crippen molar-refractivity contribution in [3.63, 3.8) is 0 Å². The fourth-order valence-corrected chi connectivity index (χ4v) is 3.76. The summed E-state index contributed by atoms with van der Waals surface area (Å²) in [5.74, 6) is -0.0389. The quantitative estimate of drug-likeness (QED) is 0.556. The zero-order valence-electron chi connectivity index (χ0n) is 15.4. The van der Waals surface area contributed by atoms with Gasteiger partial charge in [-0.2, -0.15) is 0 Å². The second-order valence-corrected chi connectivity index (χ2v) is 8.48. The number of rotatable bonds is 7. The number of carbonyl (C=O) groups excluding carboxylic acids is 1. The second-order valence-electron chi connectivity index (χ2n) is 6.62. The summed E-state index contributed by atoms with van der Waals surface area (Å²) in [7, 11) is 2.07. The summed E-state index contributed by atoms with van der Waals surface area (Å²) in [6.45, 7) is 3.64. The zero-order valence-corrected chi connectivity index (χ0v) is 17.8. The first kappa shape index (κ1) is 19.7. The molecule has 0 radical (unpaired) electrons. The number of benzene rings is 2. The van der Waals surface area contributed by atoms with Crippen molar-refractivity contribution in [2.24, 2.45) is 0 Å². The van der Waals surface area contributed by atoms with Gasteiger partial charge in [-0.1, -0.05) is 45.8 Å². The van der Waals surface area contributed by atoms with Crippen LogP contribution in [-0.4, -0.2) is 22.8 Å². The lowest BCUT2D eigenvalue weighted by atomic mass is 10.2. The van der Waals surface area contributed by atoms with Gasteiger partial charge in [-0.15, -0.1) is 11.3 Å². The van der Waals surface area contributed by atoms with Crippen LogP contribution in [0.2, 0.25) is 0 Å². The van der Waals surface area contributed by atoms with Crippen molar-refractivity contribution in [1.82, 2.24) is 9.88 Å². The van der Waals surface area contributed by atoms with E-state index in [-0.39, 0.29) is 5.91 Å². The Bertz CT molecular complexity index is 891. The Morgan fingerprint density at radius 1 is 1.11 bits per heavy atom. The van der Waals surface area contributed by atoms with Gasteiger partial charge in [0.15, 0.2) is 0 Å². The number of hydrogen-bond donors (Lipinski definition) is 1. The van der Waals surface area contributed by atoms with Gasteiger partial charge in [-0.3, -0.25) is 9.69 Å². The highest BCUT2D eigenvalue weighted by molar-refractivity contribution is 9.10. The maximum atomic E-state index is 12.2. The summed E-state index contributed by atoms with van der Waals surface area (Å²) in [4.78, 5) is 19.0. The molecule has 0 saturated heterocycles. The Morgan fingerprint density at radius 3 is 2.52 bits per heavy atom. The third-order valence-corrected chi connectivity index (χ3v) is 5.47. The second kappa shape index (κ2) is 9.26. The highest BCUT2D eigenvalue weighted by atomic mass is 79.9. The molecule has 27 heavy (non-hydrogen) atoms.